The summed E-state index contributed by atoms with van der Waals surface area (Å²) in [7, 11) is -2.31. The third-order valence-electron chi connectivity index (χ3n) is 7.46. The number of alkyl halides is 2. The lowest BCUT2D eigenvalue weighted by molar-refractivity contribution is -0.152. The van der Waals surface area contributed by atoms with Crippen LogP contribution in [0.3, 0.4) is 0 Å². The van der Waals surface area contributed by atoms with E-state index in [0.717, 1.165) is 12.8 Å². The van der Waals surface area contributed by atoms with Gasteiger partial charge in [-0.1, -0.05) is 11.3 Å². The van der Waals surface area contributed by atoms with Crippen LogP contribution in [0.2, 0.25) is 0 Å². The number of carbonyl (C=O) groups is 1. The number of halogens is 2. The molecule has 0 unspecified atom stereocenters. The molecule has 1 N–H and O–H groups in total. The zero-order valence-corrected chi connectivity index (χ0v) is 23.6. The van der Waals surface area contributed by atoms with Crippen molar-refractivity contribution in [1.29, 1.82) is 0 Å². The van der Waals surface area contributed by atoms with E-state index in [0.29, 0.717) is 54.7 Å². The van der Waals surface area contributed by atoms with Gasteiger partial charge in [0.05, 0.1) is 37.2 Å². The van der Waals surface area contributed by atoms with Crippen molar-refractivity contribution in [2.45, 2.75) is 42.7 Å². The summed E-state index contributed by atoms with van der Waals surface area (Å²) in [4.78, 5) is 21.2. The SMILES string of the molecule is COCC1CN(C(=O)[C@H]2CN(c3cc(S(=O)(=O)NC4(C)CC4)cn4c(-c5nnc(C(F)F)s5)ncc34)CCO2)C1. The number of carbonyl (C=O) groups excluding carboxylic acids is 1. The van der Waals surface area contributed by atoms with Crippen LogP contribution in [-0.4, -0.2) is 97.0 Å². The van der Waals surface area contributed by atoms with Gasteiger partial charge in [-0.2, -0.15) is 0 Å². The average molecular weight is 598 g/mol. The molecule has 2 saturated heterocycles. The van der Waals surface area contributed by atoms with Gasteiger partial charge in [0.1, 0.15) is 4.90 Å². The molecule has 3 aromatic rings. The number of hydrogen-bond acceptors (Lipinski definition) is 10. The van der Waals surface area contributed by atoms with Gasteiger partial charge in [0.15, 0.2) is 21.9 Å². The molecule has 0 aromatic carbocycles. The number of pyridine rings is 1. The Bertz CT molecular complexity index is 1540. The summed E-state index contributed by atoms with van der Waals surface area (Å²) in [5, 5.41) is 7.11. The number of sulfonamides is 1. The highest BCUT2D eigenvalue weighted by atomic mass is 32.2. The maximum atomic E-state index is 13.4. The first-order chi connectivity index (χ1) is 19.1. The van der Waals surface area contributed by atoms with Crippen LogP contribution in [0.4, 0.5) is 14.5 Å². The molecule has 12 nitrogen and oxygen atoms in total. The molecule has 1 amide bonds. The molecule has 40 heavy (non-hydrogen) atoms. The number of likely N-dealkylation sites (tertiary alicyclic amines) is 1. The lowest BCUT2D eigenvalue weighted by Crippen LogP contribution is -2.58. The Hall–Kier alpha value is -2.79. The number of morpholine rings is 1. The van der Waals surface area contributed by atoms with Gasteiger partial charge in [-0.15, -0.1) is 10.2 Å². The lowest BCUT2D eigenvalue weighted by atomic mass is 10.00. The Morgan fingerprint density at radius 2 is 2.08 bits per heavy atom. The molecule has 3 aliphatic rings. The summed E-state index contributed by atoms with van der Waals surface area (Å²) in [6.07, 6.45) is 0.906. The molecule has 5 heterocycles. The second kappa shape index (κ2) is 10.2. The first-order valence-electron chi connectivity index (χ1n) is 12.9. The summed E-state index contributed by atoms with van der Waals surface area (Å²) in [6.45, 7) is 4.52. The van der Waals surface area contributed by atoms with Gasteiger partial charge in [0.2, 0.25) is 10.0 Å². The highest BCUT2D eigenvalue weighted by molar-refractivity contribution is 7.89. The molecule has 3 aromatic heterocycles. The third-order valence-corrected chi connectivity index (χ3v) is 9.99. The maximum absolute atomic E-state index is 13.4. The minimum absolute atomic E-state index is 0.0134. The van der Waals surface area contributed by atoms with E-state index >= 15 is 0 Å². The fourth-order valence-electron chi connectivity index (χ4n) is 5.01. The van der Waals surface area contributed by atoms with Gasteiger partial charge in [0.25, 0.3) is 12.3 Å². The van der Waals surface area contributed by atoms with E-state index < -0.39 is 33.1 Å². The second-order valence-corrected chi connectivity index (χ2v) is 13.4. The molecule has 2 aliphatic heterocycles. The Morgan fingerprint density at radius 1 is 1.30 bits per heavy atom. The lowest BCUT2D eigenvalue weighted by Gasteiger charge is -2.42. The molecule has 1 saturated carbocycles. The van der Waals surface area contributed by atoms with Crippen LogP contribution in [0.1, 0.15) is 31.2 Å². The Balaban J connectivity index is 1.36. The van der Waals surface area contributed by atoms with Gasteiger partial charge < -0.3 is 19.3 Å². The quantitative estimate of drug-likeness (QED) is 0.393. The topological polar surface area (TPSA) is 131 Å². The zero-order chi connectivity index (χ0) is 28.2. The minimum atomic E-state index is -3.94. The number of hydrogen-bond donors (Lipinski definition) is 1. The predicted octanol–water partition coefficient (Wildman–Crippen LogP) is 1.93. The predicted molar refractivity (Wildman–Crippen MR) is 141 cm³/mol. The van der Waals surface area contributed by atoms with E-state index in [1.807, 2.05) is 11.8 Å². The molecular weight excluding hydrogens is 568 g/mol. The number of methoxy groups -OCH3 is 1. The van der Waals surface area contributed by atoms with Gasteiger partial charge in [-0.3, -0.25) is 9.20 Å². The average Bonchev–Trinajstić information content (AvgIpc) is 3.28. The maximum Gasteiger partial charge on any atom is 0.291 e. The number of imidazole rings is 1. The molecule has 16 heteroatoms. The Labute approximate surface area is 233 Å². The smallest absolute Gasteiger partial charge is 0.291 e. The van der Waals surface area contributed by atoms with E-state index in [2.05, 4.69) is 19.9 Å². The molecule has 216 valence electrons. The van der Waals surface area contributed by atoms with Crippen LogP contribution in [0.15, 0.2) is 23.4 Å². The normalized spacial score (nSPS) is 21.3. The van der Waals surface area contributed by atoms with E-state index in [4.69, 9.17) is 9.47 Å². The van der Waals surface area contributed by atoms with Gasteiger partial charge in [-0.25, -0.2) is 26.9 Å². The first kappa shape index (κ1) is 27.4. The second-order valence-electron chi connectivity index (χ2n) is 10.7. The number of ether oxygens (including phenoxy) is 2. The standard InChI is InChI=1S/C24H29F2N7O5S2/c1-24(3-4-24)30-40(35,36)15-7-16(17-8-27-20(33(17)11-15)22-29-28-21(39-22)19(25)26)31-5-6-38-18(12-31)23(34)32-9-14(10-32)13-37-2/h7-8,11,14,18-19,30H,3-6,9-10,12-13H2,1-2H3/t18-/m1/s1. The van der Waals surface area contributed by atoms with E-state index in [1.165, 1.54) is 16.8 Å². The summed E-state index contributed by atoms with van der Waals surface area (Å²) < 4.78 is 68.6. The molecule has 1 aliphatic carbocycles. The van der Waals surface area contributed by atoms with E-state index in [1.54, 1.807) is 18.1 Å². The van der Waals surface area contributed by atoms with Crippen LogP contribution < -0.4 is 9.62 Å². The van der Waals surface area contributed by atoms with Crippen molar-refractivity contribution in [2.24, 2.45) is 5.92 Å². The van der Waals surface area contributed by atoms with E-state index in [-0.39, 0.29) is 34.8 Å². The van der Waals surface area contributed by atoms with Crippen LogP contribution >= 0.6 is 11.3 Å². The number of anilines is 1. The van der Waals surface area contributed by atoms with Gasteiger partial charge in [-0.05, 0) is 25.8 Å². The summed E-state index contributed by atoms with van der Waals surface area (Å²) in [6, 6.07) is 1.56. The Morgan fingerprint density at radius 3 is 2.75 bits per heavy atom. The van der Waals surface area contributed by atoms with Crippen LogP contribution in [-0.2, 0) is 24.3 Å². The molecular formula is C24H29F2N7O5S2. The van der Waals surface area contributed by atoms with Crippen molar-refractivity contribution in [3.05, 3.63) is 23.5 Å². The fraction of sp³-hybridized carbons (Fsp3) is 0.583. The van der Waals surface area contributed by atoms with Crippen LogP contribution in [0.25, 0.3) is 16.3 Å². The number of fused-ring (bicyclic) bond motifs is 1. The highest BCUT2D eigenvalue weighted by Gasteiger charge is 2.42. The minimum Gasteiger partial charge on any atom is -0.384 e. The number of nitrogens with zero attached hydrogens (tertiary/aromatic N) is 6. The third kappa shape index (κ3) is 5.18. The highest BCUT2D eigenvalue weighted by Crippen LogP contribution is 2.38. The Kier molecular flexibility index (Phi) is 7.01. The molecule has 0 bridgehead atoms. The zero-order valence-electron chi connectivity index (χ0n) is 21.9. The summed E-state index contributed by atoms with van der Waals surface area (Å²) in [5.74, 6) is 0.371. The first-order valence-corrected chi connectivity index (χ1v) is 15.2. The number of rotatable bonds is 9. The van der Waals surface area contributed by atoms with Crippen molar-refractivity contribution < 1.29 is 31.5 Å². The fourth-order valence-corrected chi connectivity index (χ4v) is 7.19. The van der Waals surface area contributed by atoms with Crippen molar-refractivity contribution in [3.63, 3.8) is 0 Å². The molecule has 0 spiro atoms. The van der Waals surface area contributed by atoms with Gasteiger partial charge >= 0.3 is 0 Å². The molecule has 1 atom stereocenters. The van der Waals surface area contributed by atoms with Crippen LogP contribution in [0.5, 0.6) is 0 Å². The summed E-state index contributed by atoms with van der Waals surface area (Å²) in [5.41, 5.74) is 0.562. The monoisotopic (exact) mass is 597 g/mol. The number of nitrogens with one attached hydrogen (secondary N) is 1. The van der Waals surface area contributed by atoms with Crippen molar-refractivity contribution in [1.82, 2.24) is 29.2 Å². The molecule has 0 radical (unpaired) electrons. The molecule has 3 fully saturated rings. The molecule has 6 rings (SSSR count). The van der Waals surface area contributed by atoms with Crippen molar-refractivity contribution in [3.8, 4) is 10.8 Å². The number of amides is 1. The largest absolute Gasteiger partial charge is 0.384 e. The van der Waals surface area contributed by atoms with Crippen LogP contribution in [0, 0.1) is 5.92 Å². The van der Waals surface area contributed by atoms with Crippen molar-refractivity contribution in [2.75, 3.05) is 51.4 Å². The van der Waals surface area contributed by atoms with E-state index in [9.17, 15) is 22.0 Å². The van der Waals surface area contributed by atoms with Crippen molar-refractivity contribution >= 4 is 38.5 Å². The summed E-state index contributed by atoms with van der Waals surface area (Å²) >= 11 is 0.695. The number of aromatic nitrogens is 4. The van der Waals surface area contributed by atoms with Gasteiger partial charge in [0, 0.05) is 44.4 Å².